The smallest absolute Gasteiger partial charge is 0.266 e. The molecule has 0 fully saturated rings. The minimum atomic E-state index is -0.511. The number of ether oxygens (including phenoxy) is 2. The first kappa shape index (κ1) is 23.9. The number of carbonyl (C=O) groups is 1. The number of rotatable bonds is 7. The van der Waals surface area contributed by atoms with Crippen LogP contribution < -0.4 is 14.8 Å². The Labute approximate surface area is 209 Å². The van der Waals surface area contributed by atoms with E-state index in [4.69, 9.17) is 21.1 Å². The van der Waals surface area contributed by atoms with Gasteiger partial charge in [-0.3, -0.25) is 4.79 Å². The number of hydrogen-bond acceptors (Lipinski definition) is 4. The van der Waals surface area contributed by atoms with Gasteiger partial charge in [0.2, 0.25) is 0 Å². The summed E-state index contributed by atoms with van der Waals surface area (Å²) in [6.45, 7) is 2.26. The normalized spacial score (nSPS) is 11.1. The van der Waals surface area contributed by atoms with Crippen LogP contribution >= 0.6 is 11.6 Å². The molecule has 0 unspecified atom stereocenters. The van der Waals surface area contributed by atoms with Crippen molar-refractivity contribution in [1.29, 1.82) is 5.26 Å². The van der Waals surface area contributed by atoms with Crippen molar-refractivity contribution < 1.29 is 14.3 Å². The average Bonchev–Trinajstić information content (AvgIpc) is 2.87. The van der Waals surface area contributed by atoms with Crippen LogP contribution in [-0.4, -0.2) is 13.0 Å². The summed E-state index contributed by atoms with van der Waals surface area (Å²) < 4.78 is 11.5. The number of nitrogens with zero attached hydrogens (tertiary/aromatic N) is 1. The van der Waals surface area contributed by atoms with Gasteiger partial charge in [0.05, 0.1) is 12.1 Å². The summed E-state index contributed by atoms with van der Waals surface area (Å²) in [5.74, 6) is 0.283. The van der Waals surface area contributed by atoms with Crippen LogP contribution in [0.5, 0.6) is 11.5 Å². The molecule has 1 amide bonds. The van der Waals surface area contributed by atoms with Crippen LogP contribution in [-0.2, 0) is 11.4 Å². The molecule has 4 aromatic carbocycles. The van der Waals surface area contributed by atoms with Gasteiger partial charge < -0.3 is 14.8 Å². The number of fused-ring (bicyclic) bond motifs is 1. The average molecular weight is 483 g/mol. The fourth-order valence-electron chi connectivity index (χ4n) is 3.60. The van der Waals surface area contributed by atoms with Crippen molar-refractivity contribution in [3.05, 3.63) is 106 Å². The minimum Gasteiger partial charge on any atom is -0.493 e. The molecule has 0 aliphatic carbocycles. The number of hydrogen-bond donors (Lipinski definition) is 1. The van der Waals surface area contributed by atoms with Gasteiger partial charge in [-0.2, -0.15) is 5.26 Å². The number of carbonyl (C=O) groups excluding carboxylic acids is 1. The van der Waals surface area contributed by atoms with Crippen molar-refractivity contribution in [3.63, 3.8) is 0 Å². The monoisotopic (exact) mass is 482 g/mol. The molecule has 0 bridgehead atoms. The van der Waals surface area contributed by atoms with Crippen molar-refractivity contribution in [1.82, 2.24) is 0 Å². The van der Waals surface area contributed by atoms with Crippen LogP contribution in [0, 0.1) is 18.3 Å². The van der Waals surface area contributed by atoms with Gasteiger partial charge in [-0.1, -0.05) is 65.7 Å². The number of amides is 1. The lowest BCUT2D eigenvalue weighted by Gasteiger charge is -2.14. The molecule has 0 aliphatic rings. The maximum atomic E-state index is 12.6. The quantitative estimate of drug-likeness (QED) is 0.229. The lowest BCUT2D eigenvalue weighted by atomic mass is 10.1. The molecule has 5 nitrogen and oxygen atoms in total. The molecule has 0 heterocycles. The Balaban J connectivity index is 1.53. The van der Waals surface area contributed by atoms with Crippen molar-refractivity contribution in [2.75, 3.05) is 12.4 Å². The predicted octanol–water partition coefficient (Wildman–Crippen LogP) is 6.93. The van der Waals surface area contributed by atoms with E-state index in [1.807, 2.05) is 49.4 Å². The van der Waals surface area contributed by atoms with Crippen LogP contribution in [0.4, 0.5) is 5.69 Å². The summed E-state index contributed by atoms with van der Waals surface area (Å²) in [4.78, 5) is 12.6. The summed E-state index contributed by atoms with van der Waals surface area (Å²) in [7, 11) is 1.51. The van der Waals surface area contributed by atoms with E-state index in [9.17, 15) is 10.1 Å². The maximum absolute atomic E-state index is 12.6. The highest BCUT2D eigenvalue weighted by Crippen LogP contribution is 2.37. The Morgan fingerprint density at radius 2 is 1.77 bits per heavy atom. The summed E-state index contributed by atoms with van der Waals surface area (Å²) >= 11 is 6.51. The molecular formula is C29H23ClN2O3. The number of nitriles is 1. The fourth-order valence-corrected chi connectivity index (χ4v) is 3.87. The molecule has 174 valence electrons. The van der Waals surface area contributed by atoms with Gasteiger partial charge in [0.1, 0.15) is 18.2 Å². The maximum Gasteiger partial charge on any atom is 0.266 e. The summed E-state index contributed by atoms with van der Waals surface area (Å²) in [5, 5.41) is 14.9. The molecule has 4 rings (SSSR count). The molecule has 0 spiro atoms. The van der Waals surface area contributed by atoms with Gasteiger partial charge in [-0.15, -0.1) is 0 Å². The van der Waals surface area contributed by atoms with Gasteiger partial charge in [0.25, 0.3) is 5.91 Å². The van der Waals surface area contributed by atoms with Gasteiger partial charge in [0.15, 0.2) is 11.5 Å². The van der Waals surface area contributed by atoms with E-state index in [0.29, 0.717) is 34.4 Å². The van der Waals surface area contributed by atoms with Gasteiger partial charge in [0, 0.05) is 5.69 Å². The van der Waals surface area contributed by atoms with Gasteiger partial charge in [-0.05, 0) is 65.2 Å². The highest BCUT2D eigenvalue weighted by Gasteiger charge is 2.15. The Hall–Kier alpha value is -4.27. The summed E-state index contributed by atoms with van der Waals surface area (Å²) in [5.41, 5.74) is 3.15. The second-order valence-electron chi connectivity index (χ2n) is 7.99. The van der Waals surface area contributed by atoms with Crippen molar-refractivity contribution >= 4 is 40.0 Å². The standard InChI is InChI=1S/C29H23ClN2O3/c1-19-7-11-25(12-8-19)32-29(33)24(17-31)14-21-15-26(30)28(27(16-21)34-2)35-18-20-9-10-22-5-3-4-6-23(22)13-20/h3-16H,18H2,1-2H3,(H,32,33)/b24-14-. The van der Waals surface area contributed by atoms with E-state index in [1.54, 1.807) is 24.3 Å². The third-order valence-electron chi connectivity index (χ3n) is 5.43. The lowest BCUT2D eigenvalue weighted by Crippen LogP contribution is -2.13. The van der Waals surface area contributed by atoms with Crippen LogP contribution in [0.25, 0.3) is 16.8 Å². The molecule has 0 aliphatic heterocycles. The molecule has 6 heteroatoms. The van der Waals surface area contributed by atoms with Crippen LogP contribution in [0.3, 0.4) is 0 Å². The van der Waals surface area contributed by atoms with Crippen LogP contribution in [0.1, 0.15) is 16.7 Å². The third kappa shape index (κ3) is 5.81. The van der Waals surface area contributed by atoms with Crippen LogP contribution in [0.15, 0.2) is 84.4 Å². The first-order valence-electron chi connectivity index (χ1n) is 10.9. The molecule has 35 heavy (non-hydrogen) atoms. The van der Waals surface area contributed by atoms with Gasteiger partial charge >= 0.3 is 0 Å². The Morgan fingerprint density at radius 1 is 1.03 bits per heavy atom. The first-order chi connectivity index (χ1) is 17.0. The number of methoxy groups -OCH3 is 1. The van der Waals surface area contributed by atoms with E-state index in [0.717, 1.165) is 21.9 Å². The SMILES string of the molecule is COc1cc(/C=C(/C#N)C(=O)Nc2ccc(C)cc2)cc(Cl)c1OCc1ccc2ccccc2c1. The van der Waals surface area contributed by atoms with Gasteiger partial charge in [-0.25, -0.2) is 0 Å². The molecular weight excluding hydrogens is 460 g/mol. The summed E-state index contributed by atoms with van der Waals surface area (Å²) in [6, 6.07) is 26.8. The molecule has 0 saturated carbocycles. The largest absolute Gasteiger partial charge is 0.493 e. The van der Waals surface area contributed by atoms with E-state index < -0.39 is 5.91 Å². The zero-order valence-corrected chi connectivity index (χ0v) is 20.1. The Bertz CT molecular complexity index is 1450. The molecule has 1 N–H and O–H groups in total. The second kappa shape index (κ2) is 10.8. The zero-order chi connectivity index (χ0) is 24.8. The Morgan fingerprint density at radius 3 is 2.49 bits per heavy atom. The van der Waals surface area contributed by atoms with E-state index in [-0.39, 0.29) is 5.57 Å². The van der Waals surface area contributed by atoms with Crippen LogP contribution in [0.2, 0.25) is 5.02 Å². The molecule has 0 radical (unpaired) electrons. The predicted molar refractivity (Wildman–Crippen MR) is 140 cm³/mol. The number of nitrogens with one attached hydrogen (secondary N) is 1. The lowest BCUT2D eigenvalue weighted by molar-refractivity contribution is -0.112. The van der Waals surface area contributed by atoms with E-state index >= 15 is 0 Å². The van der Waals surface area contributed by atoms with E-state index in [1.165, 1.54) is 13.2 Å². The zero-order valence-electron chi connectivity index (χ0n) is 19.3. The first-order valence-corrected chi connectivity index (χ1v) is 11.3. The molecule has 4 aromatic rings. The van der Waals surface area contributed by atoms with Crippen molar-refractivity contribution in [2.24, 2.45) is 0 Å². The second-order valence-corrected chi connectivity index (χ2v) is 8.40. The highest BCUT2D eigenvalue weighted by atomic mass is 35.5. The fraction of sp³-hybridized carbons (Fsp3) is 0.103. The molecule has 0 aromatic heterocycles. The number of halogens is 1. The molecule has 0 atom stereocenters. The topological polar surface area (TPSA) is 71.3 Å². The third-order valence-corrected chi connectivity index (χ3v) is 5.72. The highest BCUT2D eigenvalue weighted by molar-refractivity contribution is 6.32. The number of anilines is 1. The summed E-state index contributed by atoms with van der Waals surface area (Å²) in [6.07, 6.45) is 1.46. The molecule has 0 saturated heterocycles. The Kier molecular flexibility index (Phi) is 7.35. The van der Waals surface area contributed by atoms with Crippen molar-refractivity contribution in [2.45, 2.75) is 13.5 Å². The number of benzene rings is 4. The number of aryl methyl sites for hydroxylation is 1. The minimum absolute atomic E-state index is 0.0615. The van der Waals surface area contributed by atoms with E-state index in [2.05, 4.69) is 23.5 Å². The van der Waals surface area contributed by atoms with Crippen molar-refractivity contribution in [3.8, 4) is 17.6 Å².